The van der Waals surface area contributed by atoms with Gasteiger partial charge in [-0.2, -0.15) is 0 Å². The van der Waals surface area contributed by atoms with E-state index >= 15 is 0 Å². The van der Waals surface area contributed by atoms with Gasteiger partial charge in [0.15, 0.2) is 5.54 Å². The smallest absolute Gasteiger partial charge is 0.283 e. The molecule has 0 unspecified atom stereocenters. The molecule has 3 aromatic carbocycles. The zero-order valence-corrected chi connectivity index (χ0v) is 15.4. The Hall–Kier alpha value is -2.79. The summed E-state index contributed by atoms with van der Waals surface area (Å²) in [5, 5.41) is 0. The molecular weight excluding hydrogens is 392 g/mol. The molecule has 128 valence electrons. The largest absolute Gasteiger partial charge is 0.462 e. The molecule has 0 fully saturated rings. The van der Waals surface area contributed by atoms with E-state index in [1.54, 1.807) is 0 Å². The Bertz CT molecular complexity index is 1050. The van der Waals surface area contributed by atoms with Crippen LogP contribution in [0.2, 0.25) is 0 Å². The van der Waals surface area contributed by atoms with Crippen molar-refractivity contribution >= 4 is 22.0 Å². The van der Waals surface area contributed by atoms with Crippen molar-refractivity contribution in [3.05, 3.63) is 82.3 Å². The maximum absolute atomic E-state index is 6.16. The van der Waals surface area contributed by atoms with Crippen LogP contribution in [0.3, 0.4) is 0 Å². The zero-order chi connectivity index (χ0) is 17.7. The average Bonchev–Trinajstić information content (AvgIpc) is 3.06. The van der Waals surface area contributed by atoms with E-state index in [2.05, 4.69) is 40.2 Å². The van der Waals surface area contributed by atoms with E-state index in [0.29, 0.717) is 6.61 Å². The number of benzene rings is 3. The van der Waals surface area contributed by atoms with E-state index < -0.39 is 5.54 Å². The van der Waals surface area contributed by atoms with Crippen LogP contribution in [0.15, 0.2) is 76.2 Å². The molecule has 1 atom stereocenters. The van der Waals surface area contributed by atoms with Gasteiger partial charge in [0.05, 0.1) is 0 Å². The normalized spacial score (nSPS) is 20.0. The molecule has 0 saturated carbocycles. The Labute approximate surface area is 159 Å². The third kappa shape index (κ3) is 2.24. The van der Waals surface area contributed by atoms with Crippen LogP contribution in [0.25, 0.3) is 11.1 Å². The topological polar surface area (TPSA) is 56.8 Å². The van der Waals surface area contributed by atoms with Gasteiger partial charge in [-0.15, -0.1) is 0 Å². The lowest BCUT2D eigenvalue weighted by Gasteiger charge is -2.33. The quantitative estimate of drug-likeness (QED) is 0.630. The number of hydrogen-bond donors (Lipinski definition) is 1. The number of halogens is 1. The Balaban J connectivity index is 1.76. The molecule has 2 N–H and O–H groups in total. The van der Waals surface area contributed by atoms with E-state index in [9.17, 15) is 0 Å². The van der Waals surface area contributed by atoms with E-state index in [1.807, 2.05) is 42.5 Å². The minimum atomic E-state index is -0.693. The van der Waals surface area contributed by atoms with E-state index in [0.717, 1.165) is 38.2 Å². The fourth-order valence-electron chi connectivity index (χ4n) is 3.64. The second kappa shape index (κ2) is 5.61. The Morgan fingerprint density at radius 1 is 0.885 bits per heavy atom. The second-order valence-electron chi connectivity index (χ2n) is 6.42. The highest BCUT2D eigenvalue weighted by atomic mass is 79.9. The number of amidine groups is 1. The Kier molecular flexibility index (Phi) is 3.34. The van der Waals surface area contributed by atoms with Crippen molar-refractivity contribution in [1.29, 1.82) is 0 Å². The van der Waals surface area contributed by atoms with Crippen LogP contribution in [0.1, 0.15) is 11.1 Å². The molecule has 5 heteroatoms. The Morgan fingerprint density at radius 3 is 2.35 bits per heavy atom. The summed E-state index contributed by atoms with van der Waals surface area (Å²) in [5.41, 5.74) is 9.38. The first-order valence-electron chi connectivity index (χ1n) is 8.32. The van der Waals surface area contributed by atoms with Gasteiger partial charge in [-0.1, -0.05) is 52.3 Å². The van der Waals surface area contributed by atoms with Gasteiger partial charge in [0.25, 0.3) is 6.02 Å². The SMILES string of the molecule is NC1=N[C@@]2(CO1)c1cc(Br)ccc1Oc1ccc(-c3ccccc3)cc12. The fraction of sp³-hybridized carbons (Fsp3) is 0.0952. The van der Waals surface area contributed by atoms with Crippen LogP contribution in [-0.4, -0.2) is 12.6 Å². The van der Waals surface area contributed by atoms with Gasteiger partial charge in [0.1, 0.15) is 18.1 Å². The molecule has 2 heterocycles. The molecule has 0 aliphatic carbocycles. The lowest BCUT2D eigenvalue weighted by molar-refractivity contribution is 0.264. The summed E-state index contributed by atoms with van der Waals surface area (Å²) in [6, 6.07) is 22.6. The molecule has 2 aliphatic rings. The predicted octanol–water partition coefficient (Wildman–Crippen LogP) is 4.81. The van der Waals surface area contributed by atoms with Crippen molar-refractivity contribution in [3.8, 4) is 22.6 Å². The van der Waals surface area contributed by atoms with Crippen molar-refractivity contribution in [3.63, 3.8) is 0 Å². The van der Waals surface area contributed by atoms with Crippen molar-refractivity contribution < 1.29 is 9.47 Å². The summed E-state index contributed by atoms with van der Waals surface area (Å²) in [4.78, 5) is 4.71. The van der Waals surface area contributed by atoms with Gasteiger partial charge < -0.3 is 15.2 Å². The summed E-state index contributed by atoms with van der Waals surface area (Å²) in [7, 11) is 0. The molecule has 0 aromatic heterocycles. The number of nitrogens with zero attached hydrogens (tertiary/aromatic N) is 1. The molecule has 0 saturated heterocycles. The standard InChI is InChI=1S/C21H15BrN2O2/c22-15-7-9-19-17(11-15)21(12-25-20(23)24-21)16-10-14(6-8-18(16)26-19)13-4-2-1-3-5-13/h1-11H,12H2,(H2,23,24)/t21-/m1/s1. The second-order valence-corrected chi connectivity index (χ2v) is 7.33. The van der Waals surface area contributed by atoms with Crippen LogP contribution in [-0.2, 0) is 10.3 Å². The van der Waals surface area contributed by atoms with Crippen LogP contribution in [0.5, 0.6) is 11.5 Å². The van der Waals surface area contributed by atoms with Crippen LogP contribution >= 0.6 is 15.9 Å². The molecule has 0 bridgehead atoms. The summed E-state index contributed by atoms with van der Waals surface area (Å²) in [5.74, 6) is 1.55. The lowest BCUT2D eigenvalue weighted by Crippen LogP contribution is -2.31. The number of aliphatic imine (C=N–C) groups is 1. The van der Waals surface area contributed by atoms with Crippen molar-refractivity contribution in [2.45, 2.75) is 5.54 Å². The van der Waals surface area contributed by atoms with E-state index in [1.165, 1.54) is 0 Å². The number of fused-ring (bicyclic) bond motifs is 4. The molecule has 1 spiro atoms. The Morgan fingerprint density at radius 2 is 1.62 bits per heavy atom. The molecule has 3 aromatic rings. The maximum atomic E-state index is 6.16. The molecule has 4 nitrogen and oxygen atoms in total. The molecular formula is C21H15BrN2O2. The summed E-state index contributed by atoms with van der Waals surface area (Å²) in [6.45, 7) is 0.358. The minimum Gasteiger partial charge on any atom is -0.462 e. The fourth-order valence-corrected chi connectivity index (χ4v) is 4.00. The maximum Gasteiger partial charge on any atom is 0.283 e. The van der Waals surface area contributed by atoms with Gasteiger partial charge in [-0.3, -0.25) is 0 Å². The first-order chi connectivity index (χ1) is 12.7. The van der Waals surface area contributed by atoms with Crippen molar-refractivity contribution in [2.75, 3.05) is 6.61 Å². The predicted molar refractivity (Wildman–Crippen MR) is 104 cm³/mol. The van der Waals surface area contributed by atoms with Gasteiger partial charge in [0.2, 0.25) is 0 Å². The molecule has 26 heavy (non-hydrogen) atoms. The number of nitrogens with two attached hydrogens (primary N) is 1. The number of ether oxygens (including phenoxy) is 2. The summed E-state index contributed by atoms with van der Waals surface area (Å²) < 4.78 is 12.7. The van der Waals surface area contributed by atoms with E-state index in [4.69, 9.17) is 20.2 Å². The highest BCUT2D eigenvalue weighted by Gasteiger charge is 2.47. The first kappa shape index (κ1) is 15.5. The van der Waals surface area contributed by atoms with Crippen molar-refractivity contribution in [2.24, 2.45) is 10.7 Å². The summed E-state index contributed by atoms with van der Waals surface area (Å²) >= 11 is 3.55. The number of rotatable bonds is 1. The third-order valence-electron chi connectivity index (χ3n) is 4.87. The molecule has 0 radical (unpaired) electrons. The summed E-state index contributed by atoms with van der Waals surface area (Å²) in [6.07, 6.45) is 0. The van der Waals surface area contributed by atoms with Gasteiger partial charge in [-0.25, -0.2) is 4.99 Å². The highest BCUT2D eigenvalue weighted by Crippen LogP contribution is 2.52. The monoisotopic (exact) mass is 406 g/mol. The first-order valence-corrected chi connectivity index (χ1v) is 9.11. The average molecular weight is 407 g/mol. The molecule has 5 rings (SSSR count). The van der Waals surface area contributed by atoms with Gasteiger partial charge in [0, 0.05) is 15.6 Å². The van der Waals surface area contributed by atoms with Crippen molar-refractivity contribution in [1.82, 2.24) is 0 Å². The van der Waals surface area contributed by atoms with E-state index in [-0.39, 0.29) is 6.02 Å². The van der Waals surface area contributed by atoms with Crippen LogP contribution < -0.4 is 10.5 Å². The minimum absolute atomic E-state index is 0.203. The van der Waals surface area contributed by atoms with Gasteiger partial charge in [-0.05, 0) is 41.5 Å². The van der Waals surface area contributed by atoms with Crippen LogP contribution in [0, 0.1) is 0 Å². The lowest BCUT2D eigenvalue weighted by atomic mass is 9.80. The highest BCUT2D eigenvalue weighted by molar-refractivity contribution is 9.10. The zero-order valence-electron chi connectivity index (χ0n) is 13.8. The number of hydrogen-bond acceptors (Lipinski definition) is 4. The van der Waals surface area contributed by atoms with Gasteiger partial charge >= 0.3 is 0 Å². The third-order valence-corrected chi connectivity index (χ3v) is 5.36. The van der Waals surface area contributed by atoms with Crippen LogP contribution in [0.4, 0.5) is 0 Å². The molecule has 2 aliphatic heterocycles. The molecule has 0 amide bonds.